The van der Waals surface area contributed by atoms with E-state index < -0.39 is 0 Å². The molecule has 0 heterocycles. The highest BCUT2D eigenvalue weighted by Crippen LogP contribution is 2.47. The number of rotatable bonds is 5. The van der Waals surface area contributed by atoms with E-state index >= 15 is 0 Å². The van der Waals surface area contributed by atoms with E-state index in [1.807, 2.05) is 0 Å². The quantitative estimate of drug-likeness (QED) is 0.460. The molecule has 1 saturated carbocycles. The average Bonchev–Trinajstić information content (AvgIpc) is 3.10. The maximum atomic E-state index is 11.9. The van der Waals surface area contributed by atoms with Gasteiger partial charge in [-0.25, -0.2) is 0 Å². The zero-order chi connectivity index (χ0) is 13.2. The summed E-state index contributed by atoms with van der Waals surface area (Å²) in [6.45, 7) is 0.686. The van der Waals surface area contributed by atoms with Crippen LogP contribution in [-0.4, -0.2) is 29.3 Å². The normalized spacial score (nSPS) is 16.3. The number of anilines is 1. The van der Waals surface area contributed by atoms with Crippen LogP contribution in [0.4, 0.5) is 5.69 Å². The van der Waals surface area contributed by atoms with Gasteiger partial charge in [-0.2, -0.15) is 0 Å². The molecular formula is C13H18N2O3. The van der Waals surface area contributed by atoms with Crippen LogP contribution in [0.3, 0.4) is 0 Å². The van der Waals surface area contributed by atoms with Crippen LogP contribution in [0.1, 0.15) is 29.6 Å². The van der Waals surface area contributed by atoms with Gasteiger partial charge in [0.25, 0.3) is 5.91 Å². The van der Waals surface area contributed by atoms with Gasteiger partial charge in [-0.05, 0) is 42.9 Å². The van der Waals surface area contributed by atoms with Crippen LogP contribution in [-0.2, 0) is 0 Å². The molecule has 0 unspecified atom stereocenters. The molecule has 1 amide bonds. The van der Waals surface area contributed by atoms with Gasteiger partial charge in [0, 0.05) is 18.8 Å². The van der Waals surface area contributed by atoms with Gasteiger partial charge in [-0.1, -0.05) is 0 Å². The lowest BCUT2D eigenvalue weighted by molar-refractivity contribution is 0.0941. The first kappa shape index (κ1) is 12.7. The van der Waals surface area contributed by atoms with E-state index in [9.17, 15) is 9.90 Å². The minimum Gasteiger partial charge on any atom is -0.508 e. The Morgan fingerprint density at radius 3 is 2.78 bits per heavy atom. The molecule has 1 aliphatic carbocycles. The second-order valence-corrected chi connectivity index (χ2v) is 4.93. The van der Waals surface area contributed by atoms with Crippen LogP contribution in [0.5, 0.6) is 5.75 Å². The monoisotopic (exact) mass is 250 g/mol. The second kappa shape index (κ2) is 4.86. The summed E-state index contributed by atoms with van der Waals surface area (Å²) in [7, 11) is 0. The summed E-state index contributed by atoms with van der Waals surface area (Å²) in [6, 6.07) is 4.31. The molecule has 0 spiro atoms. The summed E-state index contributed by atoms with van der Waals surface area (Å²) in [4.78, 5) is 11.9. The first-order chi connectivity index (χ1) is 8.56. The Labute approximate surface area is 106 Å². The van der Waals surface area contributed by atoms with E-state index in [2.05, 4.69) is 5.32 Å². The highest BCUT2D eigenvalue weighted by Gasteiger charge is 2.41. The van der Waals surface area contributed by atoms with E-state index in [1.165, 1.54) is 18.2 Å². The van der Waals surface area contributed by atoms with Crippen LogP contribution in [0, 0.1) is 5.41 Å². The van der Waals surface area contributed by atoms with Crippen molar-refractivity contribution in [2.24, 2.45) is 5.41 Å². The summed E-state index contributed by atoms with van der Waals surface area (Å²) >= 11 is 0. The Kier molecular flexibility index (Phi) is 3.43. The summed E-state index contributed by atoms with van der Waals surface area (Å²) in [5.74, 6) is -0.265. The Balaban J connectivity index is 1.98. The molecule has 1 aliphatic rings. The first-order valence-electron chi connectivity index (χ1n) is 6.04. The number of hydrogen-bond acceptors (Lipinski definition) is 4. The fraction of sp³-hybridized carbons (Fsp3) is 0.462. The molecule has 5 N–H and O–H groups in total. The first-order valence-corrected chi connectivity index (χ1v) is 6.04. The average molecular weight is 250 g/mol. The van der Waals surface area contributed by atoms with Crippen molar-refractivity contribution in [2.75, 3.05) is 18.9 Å². The zero-order valence-corrected chi connectivity index (χ0v) is 10.1. The maximum Gasteiger partial charge on any atom is 0.253 e. The number of aliphatic hydroxyl groups is 1. The van der Waals surface area contributed by atoms with E-state index in [-0.39, 0.29) is 29.2 Å². The number of phenols is 1. The van der Waals surface area contributed by atoms with Crippen LogP contribution in [0.25, 0.3) is 0 Å². The number of benzene rings is 1. The van der Waals surface area contributed by atoms with Crippen molar-refractivity contribution in [3.8, 4) is 5.75 Å². The Bertz CT molecular complexity index is 456. The van der Waals surface area contributed by atoms with Crippen molar-refractivity contribution < 1.29 is 15.0 Å². The van der Waals surface area contributed by atoms with E-state index in [4.69, 9.17) is 10.8 Å². The molecule has 0 aromatic heterocycles. The van der Waals surface area contributed by atoms with Crippen LogP contribution in [0.15, 0.2) is 18.2 Å². The molecule has 0 atom stereocenters. The number of carbonyl (C=O) groups excluding carboxylic acids is 1. The molecule has 0 saturated heterocycles. The smallest absolute Gasteiger partial charge is 0.253 e. The summed E-state index contributed by atoms with van der Waals surface area (Å²) < 4.78 is 0. The second-order valence-electron chi connectivity index (χ2n) is 4.93. The number of nitrogens with two attached hydrogens (primary N) is 1. The molecule has 5 heteroatoms. The largest absolute Gasteiger partial charge is 0.508 e. The van der Waals surface area contributed by atoms with Crippen LogP contribution in [0.2, 0.25) is 0 Å². The summed E-state index contributed by atoms with van der Waals surface area (Å²) in [6.07, 6.45) is 2.77. The van der Waals surface area contributed by atoms with Gasteiger partial charge >= 0.3 is 0 Å². The van der Waals surface area contributed by atoms with Gasteiger partial charge in [0.1, 0.15) is 5.75 Å². The number of carbonyl (C=O) groups is 1. The number of aliphatic hydroxyl groups excluding tert-OH is 1. The highest BCUT2D eigenvalue weighted by atomic mass is 16.3. The fourth-order valence-electron chi connectivity index (χ4n) is 2.03. The van der Waals surface area contributed by atoms with Gasteiger partial charge in [-0.15, -0.1) is 0 Å². The lowest BCUT2D eigenvalue weighted by atomic mass is 10.0. The molecule has 0 bridgehead atoms. The standard InChI is InChI=1S/C13H18N2O3/c14-11-2-1-9(17)7-10(11)12(18)15-8-13(3-4-13)5-6-16/h1-2,7,16-17H,3-6,8,14H2,(H,15,18). The highest BCUT2D eigenvalue weighted by molar-refractivity contribution is 5.99. The minimum atomic E-state index is -0.285. The third-order valence-electron chi connectivity index (χ3n) is 3.50. The van der Waals surface area contributed by atoms with E-state index in [1.54, 1.807) is 0 Å². The van der Waals surface area contributed by atoms with Crippen molar-refractivity contribution in [2.45, 2.75) is 19.3 Å². The van der Waals surface area contributed by atoms with Crippen molar-refractivity contribution in [1.29, 1.82) is 0 Å². The lowest BCUT2D eigenvalue weighted by Gasteiger charge is -2.15. The van der Waals surface area contributed by atoms with Crippen LogP contribution >= 0.6 is 0 Å². The number of nitrogens with one attached hydrogen (secondary N) is 1. The molecular weight excluding hydrogens is 232 g/mol. The molecule has 2 rings (SSSR count). The Hall–Kier alpha value is -1.75. The maximum absolute atomic E-state index is 11.9. The fourth-order valence-corrected chi connectivity index (χ4v) is 2.03. The summed E-state index contributed by atoms with van der Waals surface area (Å²) in [5.41, 5.74) is 6.39. The SMILES string of the molecule is Nc1ccc(O)cc1C(=O)NCC1(CCO)CC1. The molecule has 18 heavy (non-hydrogen) atoms. The van der Waals surface area contributed by atoms with Gasteiger partial charge in [0.05, 0.1) is 5.56 Å². The molecule has 1 aromatic rings. The number of amides is 1. The molecule has 5 nitrogen and oxygen atoms in total. The van der Waals surface area contributed by atoms with Gasteiger partial charge in [0.15, 0.2) is 0 Å². The molecule has 1 fully saturated rings. The third-order valence-corrected chi connectivity index (χ3v) is 3.50. The lowest BCUT2D eigenvalue weighted by Crippen LogP contribution is -2.31. The Morgan fingerprint density at radius 2 is 2.17 bits per heavy atom. The molecule has 0 aliphatic heterocycles. The molecule has 1 aromatic carbocycles. The predicted molar refractivity (Wildman–Crippen MR) is 68.2 cm³/mol. The van der Waals surface area contributed by atoms with E-state index in [0.29, 0.717) is 18.7 Å². The number of aromatic hydroxyl groups is 1. The number of nitrogen functional groups attached to an aromatic ring is 1. The summed E-state index contributed by atoms with van der Waals surface area (Å²) in [5, 5.41) is 21.1. The zero-order valence-electron chi connectivity index (χ0n) is 10.1. The number of hydrogen-bond donors (Lipinski definition) is 4. The number of phenolic OH excluding ortho intramolecular Hbond substituents is 1. The van der Waals surface area contributed by atoms with Crippen molar-refractivity contribution in [3.05, 3.63) is 23.8 Å². The van der Waals surface area contributed by atoms with Crippen molar-refractivity contribution >= 4 is 11.6 Å². The van der Waals surface area contributed by atoms with Crippen molar-refractivity contribution in [1.82, 2.24) is 5.32 Å². The van der Waals surface area contributed by atoms with Gasteiger partial charge in [-0.3, -0.25) is 4.79 Å². The minimum absolute atomic E-state index is 0.0193. The molecule has 0 radical (unpaired) electrons. The third kappa shape index (κ3) is 2.73. The van der Waals surface area contributed by atoms with Gasteiger partial charge in [0.2, 0.25) is 0 Å². The van der Waals surface area contributed by atoms with Crippen molar-refractivity contribution in [3.63, 3.8) is 0 Å². The Morgan fingerprint density at radius 1 is 1.44 bits per heavy atom. The molecule has 98 valence electrons. The van der Waals surface area contributed by atoms with Crippen LogP contribution < -0.4 is 11.1 Å². The van der Waals surface area contributed by atoms with Gasteiger partial charge < -0.3 is 21.3 Å². The predicted octanol–water partition coefficient (Wildman–Crippen LogP) is 0.867. The van der Waals surface area contributed by atoms with E-state index in [0.717, 1.165) is 12.8 Å². The topological polar surface area (TPSA) is 95.6 Å².